The van der Waals surface area contributed by atoms with Gasteiger partial charge in [0.05, 0.1) is 11.2 Å². The van der Waals surface area contributed by atoms with Crippen LogP contribution < -0.4 is 5.32 Å². The Labute approximate surface area is 138 Å². The van der Waals surface area contributed by atoms with Crippen LogP contribution in [0, 0.1) is 5.82 Å². The second-order valence-corrected chi connectivity index (χ2v) is 5.32. The van der Waals surface area contributed by atoms with Crippen LogP contribution in [0.2, 0.25) is 0 Å². The molecule has 0 bridgehead atoms. The van der Waals surface area contributed by atoms with E-state index in [1.807, 2.05) is 35.9 Å². The number of rotatable bonds is 5. The van der Waals surface area contributed by atoms with Gasteiger partial charge in [0.2, 0.25) is 5.91 Å². The van der Waals surface area contributed by atoms with Gasteiger partial charge in [-0.1, -0.05) is 12.1 Å². The number of nitrogens with one attached hydrogen (secondary N) is 1. The highest BCUT2D eigenvalue weighted by Crippen LogP contribution is 2.17. The lowest BCUT2D eigenvalue weighted by Crippen LogP contribution is -2.24. The lowest BCUT2D eigenvalue weighted by molar-refractivity contribution is -0.116. The molecule has 122 valence electrons. The molecule has 0 radical (unpaired) electrons. The van der Waals surface area contributed by atoms with E-state index in [1.165, 1.54) is 12.1 Å². The van der Waals surface area contributed by atoms with Crippen molar-refractivity contribution in [3.05, 3.63) is 66.0 Å². The van der Waals surface area contributed by atoms with E-state index < -0.39 is 0 Å². The fraction of sp³-hybridized carbons (Fsp3) is 0.167. The summed E-state index contributed by atoms with van der Waals surface area (Å²) in [5, 5.41) is 2.79. The average Bonchev–Trinajstić information content (AvgIpc) is 2.92. The number of halogens is 1. The molecule has 0 saturated heterocycles. The minimum absolute atomic E-state index is 0.203. The van der Waals surface area contributed by atoms with Gasteiger partial charge in [0.15, 0.2) is 5.82 Å². The van der Waals surface area contributed by atoms with E-state index in [9.17, 15) is 9.18 Å². The summed E-state index contributed by atoms with van der Waals surface area (Å²) in [6, 6.07) is 10.4. The first-order chi connectivity index (χ1) is 11.6. The molecule has 2 aromatic heterocycles. The number of nitrogens with zero attached hydrogens (tertiary/aromatic N) is 3. The monoisotopic (exact) mass is 324 g/mol. The molecule has 1 aromatic carbocycles. The SMILES string of the molecule is Cn1c(CCNC(=O)C=Cc2ccccn2)nc2c(F)cccc21. The second-order valence-electron chi connectivity index (χ2n) is 5.32. The van der Waals surface area contributed by atoms with Gasteiger partial charge in [0.25, 0.3) is 0 Å². The molecule has 0 aliphatic carbocycles. The number of hydrogen-bond acceptors (Lipinski definition) is 3. The minimum Gasteiger partial charge on any atom is -0.352 e. The van der Waals surface area contributed by atoms with Crippen molar-refractivity contribution in [1.29, 1.82) is 0 Å². The molecule has 0 saturated carbocycles. The van der Waals surface area contributed by atoms with Crippen molar-refractivity contribution in [2.75, 3.05) is 6.54 Å². The Bertz CT molecular complexity index is 887. The standard InChI is InChI=1S/C18H17FN4O/c1-23-15-7-4-6-14(19)18(15)22-16(23)10-12-21-17(24)9-8-13-5-2-3-11-20-13/h2-9,11H,10,12H2,1H3,(H,21,24). The van der Waals surface area contributed by atoms with Crippen molar-refractivity contribution in [3.63, 3.8) is 0 Å². The third-order valence-electron chi connectivity index (χ3n) is 3.70. The number of imidazole rings is 1. The van der Waals surface area contributed by atoms with Crippen LogP contribution in [0.5, 0.6) is 0 Å². The third kappa shape index (κ3) is 3.48. The van der Waals surface area contributed by atoms with E-state index in [4.69, 9.17) is 0 Å². The number of pyridine rings is 1. The summed E-state index contributed by atoms with van der Waals surface area (Å²) in [6.07, 6.45) is 5.28. The number of aromatic nitrogens is 3. The van der Waals surface area contributed by atoms with Gasteiger partial charge in [-0.3, -0.25) is 9.78 Å². The lowest BCUT2D eigenvalue weighted by atomic mass is 10.3. The first-order valence-electron chi connectivity index (χ1n) is 7.62. The lowest BCUT2D eigenvalue weighted by Gasteiger charge is -2.03. The van der Waals surface area contributed by atoms with Crippen LogP contribution in [0.25, 0.3) is 17.1 Å². The van der Waals surface area contributed by atoms with Gasteiger partial charge < -0.3 is 9.88 Å². The zero-order valence-corrected chi connectivity index (χ0v) is 13.2. The predicted octanol–water partition coefficient (Wildman–Crippen LogP) is 2.48. The predicted molar refractivity (Wildman–Crippen MR) is 90.7 cm³/mol. The fourth-order valence-corrected chi connectivity index (χ4v) is 2.44. The van der Waals surface area contributed by atoms with Gasteiger partial charge in [0, 0.05) is 32.3 Å². The Balaban J connectivity index is 1.59. The highest BCUT2D eigenvalue weighted by molar-refractivity contribution is 5.91. The number of para-hydroxylation sites is 1. The number of aryl methyl sites for hydroxylation is 1. The van der Waals surface area contributed by atoms with Crippen LogP contribution in [0.15, 0.2) is 48.7 Å². The summed E-state index contributed by atoms with van der Waals surface area (Å²) in [6.45, 7) is 0.421. The largest absolute Gasteiger partial charge is 0.352 e. The molecular weight excluding hydrogens is 307 g/mol. The van der Waals surface area contributed by atoms with E-state index in [2.05, 4.69) is 15.3 Å². The van der Waals surface area contributed by atoms with E-state index in [0.29, 0.717) is 18.5 Å². The highest BCUT2D eigenvalue weighted by atomic mass is 19.1. The van der Waals surface area contributed by atoms with E-state index in [0.717, 1.165) is 17.0 Å². The topological polar surface area (TPSA) is 59.8 Å². The van der Waals surface area contributed by atoms with E-state index in [1.54, 1.807) is 18.3 Å². The summed E-state index contributed by atoms with van der Waals surface area (Å²) >= 11 is 0. The van der Waals surface area contributed by atoms with Crippen LogP contribution in [-0.4, -0.2) is 27.0 Å². The maximum atomic E-state index is 13.7. The molecule has 0 aliphatic rings. The van der Waals surface area contributed by atoms with Crippen LogP contribution in [0.4, 0.5) is 4.39 Å². The van der Waals surface area contributed by atoms with Gasteiger partial charge in [-0.15, -0.1) is 0 Å². The van der Waals surface area contributed by atoms with Crippen molar-refractivity contribution >= 4 is 23.0 Å². The van der Waals surface area contributed by atoms with Gasteiger partial charge in [-0.05, 0) is 30.3 Å². The number of benzene rings is 1. The van der Waals surface area contributed by atoms with Crippen LogP contribution in [0.3, 0.4) is 0 Å². The van der Waals surface area contributed by atoms with Crippen molar-refractivity contribution < 1.29 is 9.18 Å². The molecule has 5 nitrogen and oxygen atoms in total. The number of fused-ring (bicyclic) bond motifs is 1. The van der Waals surface area contributed by atoms with Gasteiger partial charge in [0.1, 0.15) is 11.3 Å². The summed E-state index contributed by atoms with van der Waals surface area (Å²) in [5.41, 5.74) is 1.82. The third-order valence-corrected chi connectivity index (χ3v) is 3.70. The average molecular weight is 324 g/mol. The molecule has 1 N–H and O–H groups in total. The van der Waals surface area contributed by atoms with Crippen molar-refractivity contribution in [2.45, 2.75) is 6.42 Å². The van der Waals surface area contributed by atoms with Crippen LogP contribution in [-0.2, 0) is 18.3 Å². The summed E-state index contributed by atoms with van der Waals surface area (Å²) in [5.74, 6) is 0.186. The maximum absolute atomic E-state index is 13.7. The molecule has 0 unspecified atom stereocenters. The Morgan fingerprint density at radius 3 is 2.92 bits per heavy atom. The molecule has 1 amide bonds. The summed E-state index contributed by atoms with van der Waals surface area (Å²) in [4.78, 5) is 20.2. The molecule has 0 fully saturated rings. The minimum atomic E-state index is -0.336. The van der Waals surface area contributed by atoms with Crippen LogP contribution >= 0.6 is 0 Å². The molecule has 0 atom stereocenters. The van der Waals surface area contributed by atoms with Crippen molar-refractivity contribution in [3.8, 4) is 0 Å². The Morgan fingerprint density at radius 1 is 1.29 bits per heavy atom. The smallest absolute Gasteiger partial charge is 0.244 e. The number of hydrogen-bond donors (Lipinski definition) is 1. The molecule has 24 heavy (non-hydrogen) atoms. The van der Waals surface area contributed by atoms with Gasteiger partial charge in [-0.2, -0.15) is 0 Å². The summed E-state index contributed by atoms with van der Waals surface area (Å²) < 4.78 is 15.6. The first-order valence-corrected chi connectivity index (χ1v) is 7.62. The number of carbonyl (C=O) groups excluding carboxylic acids is 1. The molecule has 2 heterocycles. The number of amides is 1. The summed E-state index contributed by atoms with van der Waals surface area (Å²) in [7, 11) is 1.84. The van der Waals surface area contributed by atoms with E-state index >= 15 is 0 Å². The molecular formula is C18H17FN4O. The molecule has 3 rings (SSSR count). The normalized spacial score (nSPS) is 11.2. The van der Waals surface area contributed by atoms with Gasteiger partial charge in [-0.25, -0.2) is 9.37 Å². The second kappa shape index (κ2) is 7.04. The highest BCUT2D eigenvalue weighted by Gasteiger charge is 2.10. The van der Waals surface area contributed by atoms with Gasteiger partial charge >= 0.3 is 0 Å². The Morgan fingerprint density at radius 2 is 2.17 bits per heavy atom. The fourth-order valence-electron chi connectivity index (χ4n) is 2.44. The quantitative estimate of drug-likeness (QED) is 0.734. The van der Waals surface area contributed by atoms with Crippen molar-refractivity contribution in [1.82, 2.24) is 19.9 Å². The number of carbonyl (C=O) groups is 1. The zero-order chi connectivity index (χ0) is 16.9. The molecule has 6 heteroatoms. The molecule has 0 aliphatic heterocycles. The Kier molecular flexibility index (Phi) is 4.65. The first kappa shape index (κ1) is 15.9. The zero-order valence-electron chi connectivity index (χ0n) is 13.2. The van der Waals surface area contributed by atoms with Crippen LogP contribution in [0.1, 0.15) is 11.5 Å². The van der Waals surface area contributed by atoms with E-state index in [-0.39, 0.29) is 11.7 Å². The van der Waals surface area contributed by atoms with Crippen molar-refractivity contribution in [2.24, 2.45) is 7.05 Å². The molecule has 3 aromatic rings. The Hall–Kier alpha value is -3.02. The molecule has 0 spiro atoms. The maximum Gasteiger partial charge on any atom is 0.244 e.